The van der Waals surface area contributed by atoms with E-state index in [4.69, 9.17) is 0 Å². The van der Waals surface area contributed by atoms with Gasteiger partial charge in [0.25, 0.3) is 5.91 Å². The summed E-state index contributed by atoms with van der Waals surface area (Å²) in [6.45, 7) is 4.77. The molecule has 1 aromatic rings. The van der Waals surface area contributed by atoms with Gasteiger partial charge in [-0.2, -0.15) is 0 Å². The molecule has 1 rings (SSSR count). The van der Waals surface area contributed by atoms with Crippen LogP contribution in [0.4, 0.5) is 5.69 Å². The smallest absolute Gasteiger partial charge is 0.251 e. The van der Waals surface area contributed by atoms with Crippen LogP contribution in [0.2, 0.25) is 0 Å². The van der Waals surface area contributed by atoms with E-state index in [1.165, 1.54) is 109 Å². The van der Waals surface area contributed by atoms with Gasteiger partial charge < -0.3 is 10.6 Å². The predicted octanol–water partition coefficient (Wildman–Crippen LogP) is 9.20. The summed E-state index contributed by atoms with van der Waals surface area (Å²) >= 11 is 0. The molecule has 0 unspecified atom stereocenters. The van der Waals surface area contributed by atoms with Crippen LogP contribution in [0.1, 0.15) is 153 Å². The number of carbonyl (C=O) groups is 2. The van der Waals surface area contributed by atoms with Crippen molar-refractivity contribution >= 4 is 17.5 Å². The van der Waals surface area contributed by atoms with Crippen LogP contribution in [0, 0.1) is 0 Å². The van der Waals surface area contributed by atoms with E-state index in [2.05, 4.69) is 17.6 Å². The van der Waals surface area contributed by atoms with E-state index in [1.807, 2.05) is 13.0 Å². The first kappa shape index (κ1) is 31.2. The summed E-state index contributed by atoms with van der Waals surface area (Å²) in [6, 6.07) is 7.13. The molecule has 200 valence electrons. The molecule has 0 aliphatic carbocycles. The van der Waals surface area contributed by atoms with Crippen molar-refractivity contribution in [1.82, 2.24) is 5.32 Å². The van der Waals surface area contributed by atoms with Gasteiger partial charge in [-0.3, -0.25) is 9.59 Å². The number of carbonyl (C=O) groups excluding carboxylic acids is 2. The van der Waals surface area contributed by atoms with Gasteiger partial charge in [0.1, 0.15) is 0 Å². The molecule has 2 N–H and O–H groups in total. The lowest BCUT2D eigenvalue weighted by molar-refractivity contribution is -0.116. The molecule has 1 aromatic carbocycles. The summed E-state index contributed by atoms with van der Waals surface area (Å²) < 4.78 is 0. The third kappa shape index (κ3) is 18.1. The first-order valence-electron chi connectivity index (χ1n) is 14.9. The first-order valence-corrected chi connectivity index (χ1v) is 14.9. The van der Waals surface area contributed by atoms with Crippen molar-refractivity contribution in [2.75, 3.05) is 11.9 Å². The van der Waals surface area contributed by atoms with Gasteiger partial charge in [-0.25, -0.2) is 0 Å². The largest absolute Gasteiger partial charge is 0.352 e. The van der Waals surface area contributed by atoms with Crippen LogP contribution in [0.3, 0.4) is 0 Å². The van der Waals surface area contributed by atoms with Crippen LogP contribution < -0.4 is 10.6 Å². The number of amides is 2. The highest BCUT2D eigenvalue weighted by Gasteiger charge is 2.07. The minimum Gasteiger partial charge on any atom is -0.352 e. The van der Waals surface area contributed by atoms with Crippen molar-refractivity contribution in [3.63, 3.8) is 0 Å². The maximum Gasteiger partial charge on any atom is 0.251 e. The summed E-state index contributed by atoms with van der Waals surface area (Å²) in [5, 5.41) is 5.70. The highest BCUT2D eigenvalue weighted by Crippen LogP contribution is 2.15. The van der Waals surface area contributed by atoms with Crippen molar-refractivity contribution in [3.8, 4) is 0 Å². The Morgan fingerprint density at radius 3 is 1.54 bits per heavy atom. The average molecular weight is 487 g/mol. The monoisotopic (exact) mass is 486 g/mol. The predicted molar refractivity (Wildman–Crippen MR) is 151 cm³/mol. The number of rotatable bonds is 23. The SMILES string of the molecule is CCCCCCCCCCCCCCCCCCCCCC(=O)Nc1cccc(C(=O)NCC)c1. The molecule has 0 spiro atoms. The van der Waals surface area contributed by atoms with Gasteiger partial charge >= 0.3 is 0 Å². The van der Waals surface area contributed by atoms with Gasteiger partial charge in [0.15, 0.2) is 0 Å². The lowest BCUT2D eigenvalue weighted by Crippen LogP contribution is -2.22. The Labute approximate surface area is 216 Å². The highest BCUT2D eigenvalue weighted by molar-refractivity contribution is 5.97. The Balaban J connectivity index is 1.87. The lowest BCUT2D eigenvalue weighted by atomic mass is 10.0. The van der Waals surface area contributed by atoms with Crippen molar-refractivity contribution in [3.05, 3.63) is 29.8 Å². The molecule has 0 aliphatic rings. The van der Waals surface area contributed by atoms with Gasteiger partial charge in [-0.05, 0) is 31.5 Å². The van der Waals surface area contributed by atoms with E-state index in [0.717, 1.165) is 12.8 Å². The molecule has 2 amide bonds. The normalized spacial score (nSPS) is 10.9. The zero-order chi connectivity index (χ0) is 25.4. The van der Waals surface area contributed by atoms with Gasteiger partial charge in [-0.15, -0.1) is 0 Å². The van der Waals surface area contributed by atoms with Gasteiger partial charge in [0.2, 0.25) is 5.91 Å². The summed E-state index contributed by atoms with van der Waals surface area (Å²) in [4.78, 5) is 24.1. The van der Waals surface area contributed by atoms with Crippen LogP contribution in [0.15, 0.2) is 24.3 Å². The quantitative estimate of drug-likeness (QED) is 0.151. The molecule has 0 aromatic heterocycles. The molecule has 0 saturated carbocycles. The van der Waals surface area contributed by atoms with Gasteiger partial charge in [0, 0.05) is 24.2 Å². The van der Waals surface area contributed by atoms with Crippen LogP contribution in [-0.4, -0.2) is 18.4 Å². The van der Waals surface area contributed by atoms with Crippen LogP contribution in [0.25, 0.3) is 0 Å². The van der Waals surface area contributed by atoms with Crippen molar-refractivity contribution in [2.24, 2.45) is 0 Å². The second kappa shape index (κ2) is 22.6. The van der Waals surface area contributed by atoms with Crippen molar-refractivity contribution in [1.29, 1.82) is 0 Å². The number of nitrogens with one attached hydrogen (secondary N) is 2. The molecule has 0 fully saturated rings. The average Bonchev–Trinajstić information content (AvgIpc) is 2.85. The summed E-state index contributed by atoms with van der Waals surface area (Å²) in [5.41, 5.74) is 1.27. The molecule has 0 saturated heterocycles. The number of hydrogen-bond acceptors (Lipinski definition) is 2. The summed E-state index contributed by atoms with van der Waals surface area (Å²) in [5.74, 6) is -0.0765. The minimum atomic E-state index is -0.109. The summed E-state index contributed by atoms with van der Waals surface area (Å²) in [7, 11) is 0. The standard InChI is InChI=1S/C31H54N2O2/c1-3-5-6-7-8-9-10-11-12-13-14-15-16-17-18-19-20-21-22-26-30(34)33-29-25-23-24-28(27-29)31(35)32-4-2/h23-25,27H,3-22,26H2,1-2H3,(H,32,35)(H,33,34). The third-order valence-corrected chi connectivity index (χ3v) is 6.75. The van der Waals surface area contributed by atoms with E-state index in [9.17, 15) is 9.59 Å². The Kier molecular flexibility index (Phi) is 20.2. The number of benzene rings is 1. The van der Waals surface area contributed by atoms with Crippen molar-refractivity contribution in [2.45, 2.75) is 142 Å². The van der Waals surface area contributed by atoms with E-state index in [1.54, 1.807) is 18.2 Å². The minimum absolute atomic E-state index is 0.0324. The van der Waals surface area contributed by atoms with E-state index in [-0.39, 0.29) is 11.8 Å². The Morgan fingerprint density at radius 2 is 1.09 bits per heavy atom. The van der Waals surface area contributed by atoms with E-state index in [0.29, 0.717) is 24.2 Å². The number of hydrogen-bond donors (Lipinski definition) is 2. The third-order valence-electron chi connectivity index (χ3n) is 6.75. The molecule has 0 radical (unpaired) electrons. The maximum atomic E-state index is 12.2. The van der Waals surface area contributed by atoms with E-state index >= 15 is 0 Å². The van der Waals surface area contributed by atoms with Crippen LogP contribution in [0.5, 0.6) is 0 Å². The molecular formula is C31H54N2O2. The summed E-state index contributed by atoms with van der Waals surface area (Å²) in [6.07, 6.45) is 26.3. The molecule has 35 heavy (non-hydrogen) atoms. The Hall–Kier alpha value is -1.84. The zero-order valence-electron chi connectivity index (χ0n) is 23.0. The Bertz CT molecular complexity index is 659. The molecule has 0 atom stereocenters. The van der Waals surface area contributed by atoms with Gasteiger partial charge in [-0.1, -0.05) is 129 Å². The lowest BCUT2D eigenvalue weighted by Gasteiger charge is -2.08. The molecule has 0 aliphatic heterocycles. The molecule has 4 nitrogen and oxygen atoms in total. The molecule has 4 heteroatoms. The molecular weight excluding hydrogens is 432 g/mol. The van der Waals surface area contributed by atoms with Gasteiger partial charge in [0.05, 0.1) is 0 Å². The Morgan fingerprint density at radius 1 is 0.629 bits per heavy atom. The highest BCUT2D eigenvalue weighted by atomic mass is 16.2. The second-order valence-corrected chi connectivity index (χ2v) is 10.1. The fourth-order valence-electron chi connectivity index (χ4n) is 4.59. The van der Waals surface area contributed by atoms with Crippen LogP contribution in [-0.2, 0) is 4.79 Å². The number of anilines is 1. The van der Waals surface area contributed by atoms with Crippen molar-refractivity contribution < 1.29 is 9.59 Å². The first-order chi connectivity index (χ1) is 17.2. The fraction of sp³-hybridized carbons (Fsp3) is 0.742. The number of unbranched alkanes of at least 4 members (excludes halogenated alkanes) is 18. The van der Waals surface area contributed by atoms with Crippen LogP contribution >= 0.6 is 0 Å². The zero-order valence-corrected chi connectivity index (χ0v) is 23.0. The maximum absolute atomic E-state index is 12.2. The van der Waals surface area contributed by atoms with E-state index < -0.39 is 0 Å². The second-order valence-electron chi connectivity index (χ2n) is 10.1. The molecule has 0 bridgehead atoms. The topological polar surface area (TPSA) is 58.2 Å². The molecule has 0 heterocycles. The fourth-order valence-corrected chi connectivity index (χ4v) is 4.59.